The summed E-state index contributed by atoms with van der Waals surface area (Å²) in [7, 11) is 1.23. The van der Waals surface area contributed by atoms with Crippen LogP contribution in [0.2, 0.25) is 0 Å². The lowest BCUT2D eigenvalue weighted by Crippen LogP contribution is -2.01. The second-order valence-corrected chi connectivity index (χ2v) is 3.59. The van der Waals surface area contributed by atoms with Gasteiger partial charge in [0.2, 0.25) is 0 Å². The molecule has 0 saturated heterocycles. The van der Waals surface area contributed by atoms with Crippen LogP contribution in [0.15, 0.2) is 39.5 Å². The van der Waals surface area contributed by atoms with E-state index >= 15 is 0 Å². The Kier molecular flexibility index (Phi) is 4.57. The van der Waals surface area contributed by atoms with Crippen molar-refractivity contribution < 1.29 is 9.53 Å². The molecule has 0 aliphatic heterocycles. The van der Waals surface area contributed by atoms with Crippen molar-refractivity contribution in [1.29, 1.82) is 0 Å². The second kappa shape index (κ2) is 5.95. The fraction of sp³-hybridized carbons (Fsp3) is 0.100. The Bertz CT molecular complexity index is 479. The van der Waals surface area contributed by atoms with E-state index in [-0.39, 0.29) is 5.70 Å². The standard InChI is InChI=1S/C10H8BrN3O2/c1-16-10(15)9(13-14-12)6-7-4-2-3-5-8(7)11/h2-6H,1H3/b9-6-. The molecule has 1 rings (SSSR count). The highest BCUT2D eigenvalue weighted by Crippen LogP contribution is 2.19. The lowest BCUT2D eigenvalue weighted by atomic mass is 10.2. The smallest absolute Gasteiger partial charge is 0.340 e. The van der Waals surface area contributed by atoms with Crippen LogP contribution < -0.4 is 0 Å². The zero-order valence-corrected chi connectivity index (χ0v) is 10.0. The Morgan fingerprint density at radius 3 is 2.81 bits per heavy atom. The van der Waals surface area contributed by atoms with Crippen molar-refractivity contribution in [2.75, 3.05) is 7.11 Å². The van der Waals surface area contributed by atoms with Crippen molar-refractivity contribution in [3.8, 4) is 0 Å². The zero-order chi connectivity index (χ0) is 12.0. The van der Waals surface area contributed by atoms with E-state index in [4.69, 9.17) is 5.53 Å². The number of carbonyl (C=O) groups excluding carboxylic acids is 1. The Balaban J connectivity index is 3.17. The predicted molar refractivity (Wildman–Crippen MR) is 63.3 cm³/mol. The van der Waals surface area contributed by atoms with E-state index in [1.807, 2.05) is 18.2 Å². The van der Waals surface area contributed by atoms with Gasteiger partial charge in [0, 0.05) is 9.38 Å². The Hall–Kier alpha value is -1.78. The highest BCUT2D eigenvalue weighted by Gasteiger charge is 2.08. The van der Waals surface area contributed by atoms with Gasteiger partial charge in [-0.25, -0.2) is 4.79 Å². The first-order valence-corrected chi connectivity index (χ1v) is 5.08. The summed E-state index contributed by atoms with van der Waals surface area (Å²) in [5.74, 6) is -0.673. The molecule has 0 aliphatic rings. The minimum atomic E-state index is -0.673. The highest BCUT2D eigenvalue weighted by molar-refractivity contribution is 9.10. The average molecular weight is 282 g/mol. The number of esters is 1. The van der Waals surface area contributed by atoms with Crippen LogP contribution in [0.3, 0.4) is 0 Å². The van der Waals surface area contributed by atoms with Gasteiger partial charge in [0.25, 0.3) is 0 Å². The summed E-state index contributed by atoms with van der Waals surface area (Å²) in [6.45, 7) is 0. The van der Waals surface area contributed by atoms with Crippen molar-refractivity contribution in [2.45, 2.75) is 0 Å². The lowest BCUT2D eigenvalue weighted by Gasteiger charge is -2.00. The van der Waals surface area contributed by atoms with Crippen LogP contribution in [0, 0.1) is 0 Å². The molecule has 0 aliphatic carbocycles. The lowest BCUT2D eigenvalue weighted by molar-refractivity contribution is -0.136. The Labute approximate surface area is 100 Å². The molecule has 0 N–H and O–H groups in total. The van der Waals surface area contributed by atoms with E-state index in [1.54, 1.807) is 6.07 Å². The number of hydrogen-bond acceptors (Lipinski definition) is 3. The summed E-state index contributed by atoms with van der Waals surface area (Å²) < 4.78 is 5.29. The van der Waals surface area contributed by atoms with E-state index < -0.39 is 5.97 Å². The molecule has 0 spiro atoms. The van der Waals surface area contributed by atoms with Gasteiger partial charge < -0.3 is 4.74 Å². The molecule has 0 heterocycles. The maximum absolute atomic E-state index is 11.2. The number of nitrogens with zero attached hydrogens (tertiary/aromatic N) is 3. The van der Waals surface area contributed by atoms with Gasteiger partial charge in [-0.1, -0.05) is 39.2 Å². The van der Waals surface area contributed by atoms with Gasteiger partial charge in [-0.2, -0.15) is 0 Å². The van der Waals surface area contributed by atoms with E-state index in [0.29, 0.717) is 0 Å². The van der Waals surface area contributed by atoms with E-state index in [2.05, 4.69) is 30.7 Å². The van der Waals surface area contributed by atoms with E-state index in [0.717, 1.165) is 10.0 Å². The molecule has 0 fully saturated rings. The van der Waals surface area contributed by atoms with Crippen molar-refractivity contribution in [3.05, 3.63) is 50.4 Å². The van der Waals surface area contributed by atoms with Crippen LogP contribution in [0.5, 0.6) is 0 Å². The summed E-state index contributed by atoms with van der Waals surface area (Å²) in [5.41, 5.74) is 8.97. The number of ether oxygens (including phenoxy) is 1. The predicted octanol–water partition coefficient (Wildman–Crippen LogP) is 3.27. The Morgan fingerprint density at radius 2 is 2.25 bits per heavy atom. The first-order valence-electron chi connectivity index (χ1n) is 4.28. The third kappa shape index (κ3) is 3.12. The number of rotatable bonds is 3. The van der Waals surface area contributed by atoms with Gasteiger partial charge in [-0.3, -0.25) is 0 Å². The maximum atomic E-state index is 11.2. The van der Waals surface area contributed by atoms with Gasteiger partial charge in [-0.05, 0) is 23.2 Å². The number of azide groups is 1. The summed E-state index contributed by atoms with van der Waals surface area (Å²) in [6.07, 6.45) is 1.45. The molecule has 0 aromatic heterocycles. The molecule has 0 saturated carbocycles. The first kappa shape index (κ1) is 12.3. The van der Waals surface area contributed by atoms with Gasteiger partial charge in [0.1, 0.15) is 5.70 Å². The van der Waals surface area contributed by atoms with Gasteiger partial charge in [0.05, 0.1) is 7.11 Å². The minimum Gasteiger partial charge on any atom is -0.466 e. The summed E-state index contributed by atoms with van der Waals surface area (Å²) >= 11 is 3.32. The Morgan fingerprint density at radius 1 is 1.56 bits per heavy atom. The van der Waals surface area contributed by atoms with Gasteiger partial charge in [0.15, 0.2) is 0 Å². The van der Waals surface area contributed by atoms with Crippen molar-refractivity contribution in [3.63, 3.8) is 0 Å². The highest BCUT2D eigenvalue weighted by atomic mass is 79.9. The third-order valence-corrected chi connectivity index (χ3v) is 2.47. The molecule has 0 atom stereocenters. The molecule has 0 bridgehead atoms. The van der Waals surface area contributed by atoms with Gasteiger partial charge >= 0.3 is 5.97 Å². The molecule has 16 heavy (non-hydrogen) atoms. The first-order chi connectivity index (χ1) is 7.69. The maximum Gasteiger partial charge on any atom is 0.340 e. The normalized spacial score (nSPS) is 10.5. The average Bonchev–Trinajstić information content (AvgIpc) is 2.30. The summed E-state index contributed by atoms with van der Waals surface area (Å²) in [5, 5.41) is 3.28. The monoisotopic (exact) mass is 281 g/mol. The van der Waals surface area contributed by atoms with Crippen LogP contribution in [0.4, 0.5) is 0 Å². The fourth-order valence-corrected chi connectivity index (χ4v) is 1.42. The molecule has 0 radical (unpaired) electrons. The van der Waals surface area contributed by atoms with Crippen molar-refractivity contribution in [1.82, 2.24) is 0 Å². The number of hydrogen-bond donors (Lipinski definition) is 0. The van der Waals surface area contributed by atoms with Crippen molar-refractivity contribution >= 4 is 28.0 Å². The van der Waals surface area contributed by atoms with E-state index in [9.17, 15) is 4.79 Å². The molecule has 5 nitrogen and oxygen atoms in total. The molecule has 1 aromatic rings. The number of methoxy groups -OCH3 is 1. The number of carbonyl (C=O) groups is 1. The van der Waals surface area contributed by atoms with Crippen molar-refractivity contribution in [2.24, 2.45) is 5.11 Å². The molecule has 0 unspecified atom stereocenters. The largest absolute Gasteiger partial charge is 0.466 e. The van der Waals surface area contributed by atoms with Crippen LogP contribution >= 0.6 is 15.9 Å². The third-order valence-electron chi connectivity index (χ3n) is 1.74. The van der Waals surface area contributed by atoms with Gasteiger partial charge in [-0.15, -0.1) is 0 Å². The molecule has 82 valence electrons. The summed E-state index contributed by atoms with van der Waals surface area (Å²) in [4.78, 5) is 13.8. The SMILES string of the molecule is COC(=O)/C(=C/c1ccccc1Br)N=[N+]=[N-]. The number of halogens is 1. The minimum absolute atomic E-state index is 0.0862. The van der Waals surface area contributed by atoms with Crippen LogP contribution in [-0.4, -0.2) is 13.1 Å². The number of benzene rings is 1. The van der Waals surface area contributed by atoms with Crippen LogP contribution in [0.1, 0.15) is 5.56 Å². The van der Waals surface area contributed by atoms with Crippen LogP contribution in [0.25, 0.3) is 16.5 Å². The molecule has 6 heteroatoms. The second-order valence-electron chi connectivity index (χ2n) is 2.73. The molecule has 0 amide bonds. The van der Waals surface area contributed by atoms with Crippen LogP contribution in [-0.2, 0) is 9.53 Å². The molecular formula is C10H8BrN3O2. The topological polar surface area (TPSA) is 75.1 Å². The summed E-state index contributed by atoms with van der Waals surface area (Å²) in [6, 6.07) is 7.24. The molecular weight excluding hydrogens is 274 g/mol. The quantitative estimate of drug-likeness (QED) is 0.280. The zero-order valence-electron chi connectivity index (χ0n) is 8.42. The fourth-order valence-electron chi connectivity index (χ4n) is 1.02. The van der Waals surface area contributed by atoms with E-state index in [1.165, 1.54) is 13.2 Å². The molecule has 1 aromatic carbocycles.